The molecule has 2 fully saturated rings. The lowest BCUT2D eigenvalue weighted by Crippen LogP contribution is -2.70. The molecule has 0 aromatic heterocycles. The number of β-lactam (4-membered cyclic amide) rings is 1. The van der Waals surface area contributed by atoms with Crippen LogP contribution in [-0.4, -0.2) is 87.7 Å². The van der Waals surface area contributed by atoms with Crippen LogP contribution >= 0.6 is 11.8 Å². The molecule has 3 heterocycles. The Kier molecular flexibility index (Phi) is 7.98. The predicted molar refractivity (Wildman–Crippen MR) is 143 cm³/mol. The van der Waals surface area contributed by atoms with Crippen LogP contribution in [0.15, 0.2) is 71.9 Å². The number of carbonyl (C=O) groups is 3. The van der Waals surface area contributed by atoms with Crippen LogP contribution in [0.25, 0.3) is 0 Å². The molecule has 0 bridgehead atoms. The molecule has 0 radical (unpaired) electrons. The molecular formula is C26H29N6O6S+. The lowest BCUT2D eigenvalue weighted by atomic mass is 10.0. The number of piperazine rings is 1. The number of nitrogens with one attached hydrogen (secondary N) is 2. The zero-order valence-electron chi connectivity index (χ0n) is 21.1. The molecule has 5 rings (SSSR count). The topological polar surface area (TPSA) is 135 Å². The normalized spacial score (nSPS) is 20.7. The largest absolute Gasteiger partial charge is 0.477 e. The molecule has 39 heavy (non-hydrogen) atoms. The van der Waals surface area contributed by atoms with Crippen molar-refractivity contribution in [2.45, 2.75) is 17.8 Å². The molecule has 2 aromatic rings. The van der Waals surface area contributed by atoms with Gasteiger partial charge in [-0.05, 0) is 23.3 Å². The summed E-state index contributed by atoms with van der Waals surface area (Å²) in [6.45, 7) is 2.09. The molecule has 2 aromatic carbocycles. The maximum Gasteiger partial charge on any atom is 0.352 e. The summed E-state index contributed by atoms with van der Waals surface area (Å²) < 4.78 is 0. The van der Waals surface area contributed by atoms with Gasteiger partial charge in [0.15, 0.2) is 0 Å². The number of nitrogens with zero attached hydrogens (tertiary/aromatic N) is 4. The van der Waals surface area contributed by atoms with E-state index in [9.17, 15) is 24.4 Å². The number of para-hydroxylation sites is 1. The summed E-state index contributed by atoms with van der Waals surface area (Å²) in [6, 6.07) is 18.3. The van der Waals surface area contributed by atoms with E-state index in [-0.39, 0.29) is 30.4 Å². The standard InChI is InChI=1S/C26H28N6O6S/c33-21(15-18-7-3-1-4-8-18)27-22-24(34)31-23(26(35)36)19(17-39-25(22)31)16-38-28-32(37)30-13-11-29(12-14-30)20-9-5-2-6-10-20/h1-10,22,25H,11-17H2,(H2-,27,28,33,35,36,37)/p+1. The second-order valence-corrected chi connectivity index (χ2v) is 10.4. The van der Waals surface area contributed by atoms with Crippen molar-refractivity contribution in [3.63, 3.8) is 0 Å². The average Bonchev–Trinajstić information content (AvgIpc) is 2.96. The van der Waals surface area contributed by atoms with Crippen LogP contribution < -0.4 is 15.8 Å². The fourth-order valence-electron chi connectivity index (χ4n) is 4.81. The van der Waals surface area contributed by atoms with Crippen molar-refractivity contribution >= 4 is 35.2 Å². The lowest BCUT2D eigenvalue weighted by molar-refractivity contribution is -0.788. The Balaban J connectivity index is 1.12. The maximum absolute atomic E-state index is 12.8. The summed E-state index contributed by atoms with van der Waals surface area (Å²) in [7, 11) is 0. The summed E-state index contributed by atoms with van der Waals surface area (Å²) in [6.07, 6.45) is 0.126. The number of nitroso groups, excluding NO2 is 1. The summed E-state index contributed by atoms with van der Waals surface area (Å²) in [5.74, 6) is -1.79. The monoisotopic (exact) mass is 553 g/mol. The van der Waals surface area contributed by atoms with E-state index in [1.165, 1.54) is 16.7 Å². The molecule has 12 nitrogen and oxygen atoms in total. The number of hydrogen-bond donors (Lipinski definition) is 3. The molecule has 2 unspecified atom stereocenters. The summed E-state index contributed by atoms with van der Waals surface area (Å²) >= 11 is 1.34. The van der Waals surface area contributed by atoms with E-state index in [1.54, 1.807) is 5.01 Å². The smallest absolute Gasteiger partial charge is 0.352 e. The van der Waals surface area contributed by atoms with Gasteiger partial charge in [0, 0.05) is 30.1 Å². The highest BCUT2D eigenvalue weighted by Crippen LogP contribution is 2.40. The van der Waals surface area contributed by atoms with E-state index in [2.05, 4.69) is 15.8 Å². The zero-order chi connectivity index (χ0) is 27.4. The van der Waals surface area contributed by atoms with Crippen molar-refractivity contribution in [3.8, 4) is 0 Å². The Bertz CT molecular complexity index is 1270. The minimum Gasteiger partial charge on any atom is -0.477 e. The third-order valence-electron chi connectivity index (χ3n) is 6.80. The third kappa shape index (κ3) is 5.83. The van der Waals surface area contributed by atoms with Gasteiger partial charge in [-0.1, -0.05) is 48.5 Å². The van der Waals surface area contributed by atoms with Crippen molar-refractivity contribution in [2.24, 2.45) is 0 Å². The van der Waals surface area contributed by atoms with E-state index >= 15 is 0 Å². The van der Waals surface area contributed by atoms with Gasteiger partial charge in [0.1, 0.15) is 23.7 Å². The van der Waals surface area contributed by atoms with Crippen LogP contribution in [0.5, 0.6) is 0 Å². The van der Waals surface area contributed by atoms with Crippen LogP contribution in [0.1, 0.15) is 5.56 Å². The highest BCUT2D eigenvalue weighted by Gasteiger charge is 2.54. The molecule has 2 amide bonds. The zero-order valence-corrected chi connectivity index (χ0v) is 21.9. The molecule has 0 aliphatic carbocycles. The first kappa shape index (κ1) is 26.5. The molecule has 3 aliphatic rings. The third-order valence-corrected chi connectivity index (χ3v) is 8.14. The number of anilines is 1. The Labute approximate surface area is 229 Å². The fraction of sp³-hybridized carbons (Fsp3) is 0.346. The Hall–Kier alpha value is -4.10. The van der Waals surface area contributed by atoms with Gasteiger partial charge in [-0.25, -0.2) is 9.63 Å². The second kappa shape index (κ2) is 11.7. The number of rotatable bonds is 10. The SMILES string of the molecule is O=C(Cc1ccccc1)NC1C(=O)N2C(C(=O)O)=C(CON[N+](=O)N3CCN(c4ccccc4)CC3)CSC12. The molecular weight excluding hydrogens is 524 g/mol. The quantitative estimate of drug-likeness (QED) is 0.222. The lowest BCUT2D eigenvalue weighted by Gasteiger charge is -2.49. The van der Waals surface area contributed by atoms with Crippen LogP contribution in [0.2, 0.25) is 0 Å². The minimum absolute atomic E-state index is 0.126. The van der Waals surface area contributed by atoms with E-state index in [4.69, 9.17) is 4.84 Å². The second-order valence-electron chi connectivity index (χ2n) is 9.30. The van der Waals surface area contributed by atoms with Gasteiger partial charge in [-0.3, -0.25) is 14.5 Å². The van der Waals surface area contributed by atoms with Crippen LogP contribution in [0, 0.1) is 4.91 Å². The van der Waals surface area contributed by atoms with Crippen LogP contribution in [0.3, 0.4) is 0 Å². The van der Waals surface area contributed by atoms with Crippen molar-refractivity contribution in [1.29, 1.82) is 0 Å². The number of fused-ring (bicyclic) bond motifs is 1. The first-order valence-corrected chi connectivity index (χ1v) is 13.6. The van der Waals surface area contributed by atoms with Crippen molar-refractivity contribution < 1.29 is 29.3 Å². The molecule has 2 saturated heterocycles. The fourth-order valence-corrected chi connectivity index (χ4v) is 6.13. The predicted octanol–water partition coefficient (Wildman–Crippen LogP) is 0.920. The number of carbonyl (C=O) groups excluding carboxylic acids is 2. The van der Waals surface area contributed by atoms with Crippen LogP contribution in [-0.2, 0) is 25.6 Å². The van der Waals surface area contributed by atoms with Crippen molar-refractivity contribution in [2.75, 3.05) is 43.4 Å². The number of aliphatic carboxylic acids is 1. The first-order chi connectivity index (χ1) is 18.9. The number of carboxylic acid groups (broad SMARTS) is 1. The number of hydrazine groups is 2. The van der Waals surface area contributed by atoms with Crippen molar-refractivity contribution in [3.05, 3.63) is 82.4 Å². The number of carboxylic acids is 1. The molecule has 0 spiro atoms. The summed E-state index contributed by atoms with van der Waals surface area (Å²) in [4.78, 5) is 59.1. The van der Waals surface area contributed by atoms with Gasteiger partial charge in [0.2, 0.25) is 5.91 Å². The molecule has 13 heteroatoms. The van der Waals surface area contributed by atoms with Gasteiger partial charge in [-0.2, -0.15) is 0 Å². The highest BCUT2D eigenvalue weighted by atomic mass is 32.2. The minimum atomic E-state index is -1.27. The van der Waals surface area contributed by atoms with Crippen LogP contribution in [0.4, 0.5) is 5.69 Å². The van der Waals surface area contributed by atoms with Gasteiger partial charge in [-0.15, -0.1) is 16.8 Å². The number of amides is 2. The summed E-state index contributed by atoms with van der Waals surface area (Å²) in [5, 5.41) is 13.6. The molecule has 0 saturated carbocycles. The van der Waals surface area contributed by atoms with Gasteiger partial charge < -0.3 is 15.3 Å². The average molecular weight is 554 g/mol. The van der Waals surface area contributed by atoms with Gasteiger partial charge in [0.05, 0.1) is 24.4 Å². The Morgan fingerprint density at radius 1 is 1.03 bits per heavy atom. The molecule has 2 atom stereocenters. The molecule has 3 N–H and O–H groups in total. The van der Waals surface area contributed by atoms with Crippen molar-refractivity contribution in [1.82, 2.24) is 20.8 Å². The number of hydrogen-bond acceptors (Lipinski definition) is 7. The van der Waals surface area contributed by atoms with Gasteiger partial charge in [0.25, 0.3) is 10.9 Å². The Morgan fingerprint density at radius 3 is 2.36 bits per heavy atom. The molecule has 3 aliphatic heterocycles. The maximum atomic E-state index is 12.8. The highest BCUT2D eigenvalue weighted by molar-refractivity contribution is 8.00. The number of thioether (sulfide) groups is 1. The number of benzene rings is 2. The molecule has 204 valence electrons. The van der Waals surface area contributed by atoms with E-state index < -0.39 is 23.3 Å². The Morgan fingerprint density at radius 2 is 1.69 bits per heavy atom. The van der Waals surface area contributed by atoms with E-state index in [0.29, 0.717) is 36.7 Å². The van der Waals surface area contributed by atoms with E-state index in [0.717, 1.165) is 11.3 Å². The first-order valence-electron chi connectivity index (χ1n) is 12.5. The summed E-state index contributed by atoms with van der Waals surface area (Å²) in [5.41, 5.74) is 4.42. The van der Waals surface area contributed by atoms with Gasteiger partial charge >= 0.3 is 5.97 Å². The van der Waals surface area contributed by atoms with E-state index in [1.807, 2.05) is 60.7 Å².